The number of hydrogen-bond donors (Lipinski definition) is 0. The summed E-state index contributed by atoms with van der Waals surface area (Å²) in [7, 11) is 1.66. The molecule has 3 rings (SSSR count). The molecule has 2 aromatic carbocycles. The van der Waals surface area contributed by atoms with Gasteiger partial charge in [-0.15, -0.1) is 11.8 Å². The summed E-state index contributed by atoms with van der Waals surface area (Å²) in [4.78, 5) is 14.6. The Hall–Kier alpha value is -1.59. The van der Waals surface area contributed by atoms with Gasteiger partial charge in [-0.05, 0) is 36.4 Å². The monoisotopic (exact) mass is 339 g/mol. The number of anilines is 1. The lowest BCUT2D eigenvalue weighted by Crippen LogP contribution is -2.26. The second-order valence-electron chi connectivity index (χ2n) is 5.04. The molecule has 0 N–H and O–H groups in total. The third-order valence-corrected chi connectivity index (χ3v) is 5.13. The molecule has 1 aliphatic rings. The summed E-state index contributed by atoms with van der Waals surface area (Å²) in [5.74, 6) is -1.19. The summed E-state index contributed by atoms with van der Waals surface area (Å²) in [5.41, 5.74) is 0.886. The summed E-state index contributed by atoms with van der Waals surface area (Å²) >= 11 is 7.33. The Balaban J connectivity index is 2.07. The number of hydrogen-bond acceptors (Lipinski definition) is 2. The molecule has 1 heterocycles. The second-order valence-corrected chi connectivity index (χ2v) is 6.72. The summed E-state index contributed by atoms with van der Waals surface area (Å²) in [6, 6.07) is 8.53. The Morgan fingerprint density at radius 1 is 1.23 bits per heavy atom. The molecule has 0 spiro atoms. The van der Waals surface area contributed by atoms with Crippen molar-refractivity contribution in [3.8, 4) is 0 Å². The third kappa shape index (κ3) is 2.83. The predicted octanol–water partition coefficient (Wildman–Crippen LogP) is 4.82. The first-order valence-electron chi connectivity index (χ1n) is 6.63. The number of carbonyl (C=O) groups is 1. The van der Waals surface area contributed by atoms with Crippen LogP contribution in [-0.2, 0) is 4.79 Å². The van der Waals surface area contributed by atoms with Gasteiger partial charge in [0.25, 0.3) is 0 Å². The van der Waals surface area contributed by atoms with Crippen molar-refractivity contribution in [1.82, 2.24) is 0 Å². The average Bonchev–Trinajstić information content (AvgIpc) is 2.60. The van der Waals surface area contributed by atoms with Gasteiger partial charge >= 0.3 is 0 Å². The van der Waals surface area contributed by atoms with Crippen LogP contribution in [-0.4, -0.2) is 13.0 Å². The van der Waals surface area contributed by atoms with E-state index in [1.54, 1.807) is 25.2 Å². The number of halogens is 3. The minimum atomic E-state index is -0.515. The molecule has 0 saturated carbocycles. The highest BCUT2D eigenvalue weighted by atomic mass is 35.5. The molecular weight excluding hydrogens is 328 g/mol. The largest absolute Gasteiger partial charge is 0.314 e. The topological polar surface area (TPSA) is 20.3 Å². The fourth-order valence-corrected chi connectivity index (χ4v) is 3.88. The van der Waals surface area contributed by atoms with Crippen LogP contribution in [0.5, 0.6) is 0 Å². The molecule has 2 nitrogen and oxygen atoms in total. The first-order chi connectivity index (χ1) is 10.5. The van der Waals surface area contributed by atoms with Crippen molar-refractivity contribution in [2.45, 2.75) is 16.6 Å². The maximum atomic E-state index is 14.0. The second kappa shape index (κ2) is 5.89. The van der Waals surface area contributed by atoms with Crippen LogP contribution >= 0.6 is 23.4 Å². The standard InChI is InChI=1S/C16H12ClF2NOS/c1-20-13-6-9(17)2-5-14(13)22-15(8-16(20)21)11-7-10(18)3-4-12(11)19/h2-7,15H,8H2,1H3/t15-/m1/s1. The van der Waals surface area contributed by atoms with Crippen molar-refractivity contribution >= 4 is 35.0 Å². The van der Waals surface area contributed by atoms with Gasteiger partial charge in [0.2, 0.25) is 5.91 Å². The Bertz CT molecular complexity index is 753. The Morgan fingerprint density at radius 2 is 2.00 bits per heavy atom. The zero-order valence-corrected chi connectivity index (χ0v) is 13.2. The van der Waals surface area contributed by atoms with E-state index in [9.17, 15) is 13.6 Å². The minimum absolute atomic E-state index is 0.0911. The van der Waals surface area contributed by atoms with Crippen LogP contribution in [0.3, 0.4) is 0 Å². The first-order valence-corrected chi connectivity index (χ1v) is 7.89. The van der Waals surface area contributed by atoms with E-state index in [-0.39, 0.29) is 17.9 Å². The van der Waals surface area contributed by atoms with Crippen LogP contribution in [0.2, 0.25) is 5.02 Å². The molecule has 0 aromatic heterocycles. The summed E-state index contributed by atoms with van der Waals surface area (Å²) in [6.45, 7) is 0. The molecule has 0 unspecified atom stereocenters. The van der Waals surface area contributed by atoms with Gasteiger partial charge in [0.15, 0.2) is 0 Å². The molecule has 1 aliphatic heterocycles. The minimum Gasteiger partial charge on any atom is -0.314 e. The molecule has 1 atom stereocenters. The lowest BCUT2D eigenvalue weighted by Gasteiger charge is -2.16. The lowest BCUT2D eigenvalue weighted by molar-refractivity contribution is -0.118. The van der Waals surface area contributed by atoms with Crippen molar-refractivity contribution in [3.63, 3.8) is 0 Å². The van der Waals surface area contributed by atoms with Crippen LogP contribution in [0.25, 0.3) is 0 Å². The van der Waals surface area contributed by atoms with E-state index < -0.39 is 16.9 Å². The molecule has 114 valence electrons. The van der Waals surface area contributed by atoms with Crippen molar-refractivity contribution in [1.29, 1.82) is 0 Å². The fraction of sp³-hybridized carbons (Fsp3) is 0.188. The molecule has 0 saturated heterocycles. The molecule has 6 heteroatoms. The Kier molecular flexibility index (Phi) is 4.10. The zero-order valence-electron chi connectivity index (χ0n) is 11.6. The maximum absolute atomic E-state index is 14.0. The quantitative estimate of drug-likeness (QED) is 0.742. The first kappa shape index (κ1) is 15.3. The van der Waals surface area contributed by atoms with Gasteiger partial charge < -0.3 is 4.90 Å². The van der Waals surface area contributed by atoms with Gasteiger partial charge in [-0.3, -0.25) is 4.79 Å². The summed E-state index contributed by atoms with van der Waals surface area (Å²) in [5, 5.41) is 0.0439. The van der Waals surface area contributed by atoms with Crippen molar-refractivity contribution in [2.75, 3.05) is 11.9 Å². The molecule has 22 heavy (non-hydrogen) atoms. The van der Waals surface area contributed by atoms with E-state index in [2.05, 4.69) is 0 Å². The van der Waals surface area contributed by atoms with Crippen molar-refractivity contribution < 1.29 is 13.6 Å². The van der Waals surface area contributed by atoms with E-state index in [0.717, 1.165) is 23.1 Å². The van der Waals surface area contributed by atoms with Gasteiger partial charge in [0.05, 0.1) is 5.69 Å². The molecule has 0 aliphatic carbocycles. The number of rotatable bonds is 1. The van der Waals surface area contributed by atoms with Gasteiger partial charge in [-0.1, -0.05) is 11.6 Å². The van der Waals surface area contributed by atoms with Crippen LogP contribution < -0.4 is 4.90 Å². The van der Waals surface area contributed by atoms with E-state index >= 15 is 0 Å². The van der Waals surface area contributed by atoms with Crippen LogP contribution in [0.4, 0.5) is 14.5 Å². The molecular formula is C16H12ClF2NOS. The van der Waals surface area contributed by atoms with E-state index in [1.165, 1.54) is 16.7 Å². The van der Waals surface area contributed by atoms with E-state index in [1.807, 2.05) is 0 Å². The van der Waals surface area contributed by atoms with Gasteiger partial charge in [0, 0.05) is 34.2 Å². The maximum Gasteiger partial charge on any atom is 0.228 e. The lowest BCUT2D eigenvalue weighted by atomic mass is 10.1. The van der Waals surface area contributed by atoms with Crippen molar-refractivity contribution in [2.24, 2.45) is 0 Å². The van der Waals surface area contributed by atoms with Gasteiger partial charge in [0.1, 0.15) is 11.6 Å². The van der Waals surface area contributed by atoms with Gasteiger partial charge in [-0.25, -0.2) is 8.78 Å². The fourth-order valence-electron chi connectivity index (χ4n) is 2.41. The number of nitrogens with zero attached hydrogens (tertiary/aromatic N) is 1. The third-order valence-electron chi connectivity index (χ3n) is 3.59. The van der Waals surface area contributed by atoms with Crippen LogP contribution in [0.15, 0.2) is 41.3 Å². The normalized spacial score (nSPS) is 18.1. The van der Waals surface area contributed by atoms with E-state index in [0.29, 0.717) is 10.7 Å². The molecule has 0 fully saturated rings. The number of benzene rings is 2. The summed E-state index contributed by atoms with van der Waals surface area (Å²) < 4.78 is 27.5. The number of carbonyl (C=O) groups excluding carboxylic acids is 1. The highest BCUT2D eigenvalue weighted by Gasteiger charge is 2.29. The summed E-state index contributed by atoms with van der Waals surface area (Å²) in [6.07, 6.45) is 0.0911. The van der Waals surface area contributed by atoms with Crippen molar-refractivity contribution in [3.05, 3.63) is 58.6 Å². The Morgan fingerprint density at radius 3 is 2.77 bits per heavy atom. The zero-order chi connectivity index (χ0) is 15.9. The van der Waals surface area contributed by atoms with Gasteiger partial charge in [-0.2, -0.15) is 0 Å². The highest BCUT2D eigenvalue weighted by Crippen LogP contribution is 2.46. The van der Waals surface area contributed by atoms with Crippen LogP contribution in [0.1, 0.15) is 17.2 Å². The smallest absolute Gasteiger partial charge is 0.228 e. The SMILES string of the molecule is CN1C(=O)C[C@H](c2cc(F)ccc2F)Sc2ccc(Cl)cc21. The van der Waals surface area contributed by atoms with E-state index in [4.69, 9.17) is 11.6 Å². The average molecular weight is 340 g/mol. The molecule has 2 aromatic rings. The van der Waals surface area contributed by atoms with Crippen LogP contribution in [0, 0.1) is 11.6 Å². The predicted molar refractivity (Wildman–Crippen MR) is 84.4 cm³/mol. The Labute approximate surface area is 136 Å². The number of fused-ring (bicyclic) bond motifs is 1. The molecule has 0 radical (unpaired) electrons. The molecule has 1 amide bonds. The molecule has 0 bridgehead atoms. The number of thioether (sulfide) groups is 1. The number of amides is 1. The highest BCUT2D eigenvalue weighted by molar-refractivity contribution is 7.99.